The number of anilines is 4. The van der Waals surface area contributed by atoms with Crippen molar-refractivity contribution in [1.29, 1.82) is 0 Å². The number of methoxy groups -OCH3 is 1. The molecule has 1 aliphatic heterocycles. The Labute approximate surface area is 157 Å². The number of amides is 3. The second kappa shape index (κ2) is 9.00. The normalized spacial score (nSPS) is 13.3. The van der Waals surface area contributed by atoms with Crippen LogP contribution in [0.5, 0.6) is 0 Å². The summed E-state index contributed by atoms with van der Waals surface area (Å²) in [5, 5.41) is 8.18. The van der Waals surface area contributed by atoms with Gasteiger partial charge in [0.1, 0.15) is 12.4 Å². The van der Waals surface area contributed by atoms with Crippen molar-refractivity contribution in [2.24, 2.45) is 0 Å². The quantitative estimate of drug-likeness (QED) is 0.728. The van der Waals surface area contributed by atoms with Crippen molar-refractivity contribution in [3.63, 3.8) is 0 Å². The minimum Gasteiger partial charge on any atom is -0.375 e. The average Bonchev–Trinajstić information content (AvgIpc) is 3.19. The van der Waals surface area contributed by atoms with Crippen molar-refractivity contribution in [3.05, 3.63) is 42.6 Å². The van der Waals surface area contributed by atoms with Crippen LogP contribution in [0, 0.1) is 0 Å². The molecule has 0 bridgehead atoms. The molecule has 3 rings (SSSR count). The minimum atomic E-state index is -0.359. The fourth-order valence-electron chi connectivity index (χ4n) is 2.85. The molecule has 1 fully saturated rings. The minimum absolute atomic E-state index is 0.00695. The third kappa shape index (κ3) is 5.42. The maximum absolute atomic E-state index is 12.1. The Kier molecular flexibility index (Phi) is 6.22. The van der Waals surface area contributed by atoms with E-state index >= 15 is 0 Å². The second-order valence-electron chi connectivity index (χ2n) is 6.24. The highest BCUT2D eigenvalue weighted by atomic mass is 16.5. The molecular weight excluding hydrogens is 346 g/mol. The van der Waals surface area contributed by atoms with Crippen LogP contribution in [0.4, 0.5) is 27.7 Å². The predicted octanol–water partition coefficient (Wildman–Crippen LogP) is 2.91. The molecule has 0 atom stereocenters. The van der Waals surface area contributed by atoms with Crippen LogP contribution < -0.4 is 20.9 Å². The molecule has 3 N–H and O–H groups in total. The van der Waals surface area contributed by atoms with E-state index in [1.54, 1.807) is 30.5 Å². The van der Waals surface area contributed by atoms with Gasteiger partial charge in [-0.25, -0.2) is 9.78 Å². The fourth-order valence-corrected chi connectivity index (χ4v) is 2.85. The number of hydrogen-bond acceptors (Lipinski definition) is 5. The van der Waals surface area contributed by atoms with E-state index in [1.807, 2.05) is 12.1 Å². The molecule has 0 radical (unpaired) electrons. The Bertz CT molecular complexity index is 771. The van der Waals surface area contributed by atoms with Gasteiger partial charge in [-0.15, -0.1) is 0 Å². The van der Waals surface area contributed by atoms with E-state index in [0.717, 1.165) is 18.9 Å². The Morgan fingerprint density at radius 2 is 1.56 bits per heavy atom. The Morgan fingerprint density at radius 3 is 2.15 bits per heavy atom. The number of carbonyl (C=O) groups excluding carboxylic acids is 2. The third-order valence-corrected chi connectivity index (χ3v) is 4.14. The molecule has 27 heavy (non-hydrogen) atoms. The van der Waals surface area contributed by atoms with Gasteiger partial charge in [0.05, 0.1) is 11.9 Å². The molecule has 1 aromatic carbocycles. The fraction of sp³-hybridized carbons (Fsp3) is 0.316. The van der Waals surface area contributed by atoms with Crippen LogP contribution in [0.3, 0.4) is 0 Å². The van der Waals surface area contributed by atoms with Crippen LogP contribution in [0.2, 0.25) is 0 Å². The third-order valence-electron chi connectivity index (χ3n) is 4.14. The summed E-state index contributed by atoms with van der Waals surface area (Å²) in [6.45, 7) is 2.05. The second-order valence-corrected chi connectivity index (χ2v) is 6.24. The lowest BCUT2D eigenvalue weighted by atomic mass is 10.3. The maximum Gasteiger partial charge on any atom is 0.323 e. The lowest BCUT2D eigenvalue weighted by Gasteiger charge is -2.16. The number of pyridine rings is 1. The standard InChI is InChI=1S/C19H23N5O3/c1-27-13-18(25)21-14-4-6-15(7-5-14)22-19(26)23-16-8-9-17(20-12-16)24-10-2-3-11-24/h4-9,12H,2-3,10-11,13H2,1H3,(H,21,25)(H2,22,23,26). The number of nitrogens with one attached hydrogen (secondary N) is 3. The Morgan fingerprint density at radius 1 is 0.963 bits per heavy atom. The number of aromatic nitrogens is 1. The topological polar surface area (TPSA) is 95.6 Å². The average molecular weight is 369 g/mol. The first-order valence-electron chi connectivity index (χ1n) is 8.82. The van der Waals surface area contributed by atoms with Crippen LogP contribution in [-0.4, -0.2) is 43.7 Å². The molecule has 1 saturated heterocycles. The van der Waals surface area contributed by atoms with Gasteiger partial charge < -0.3 is 25.6 Å². The summed E-state index contributed by atoms with van der Waals surface area (Å²) in [5.74, 6) is 0.699. The zero-order valence-electron chi connectivity index (χ0n) is 15.2. The van der Waals surface area contributed by atoms with E-state index in [9.17, 15) is 9.59 Å². The Balaban J connectivity index is 1.50. The molecule has 142 valence electrons. The van der Waals surface area contributed by atoms with Gasteiger partial charge in [0.25, 0.3) is 0 Å². The SMILES string of the molecule is COCC(=O)Nc1ccc(NC(=O)Nc2ccc(N3CCCC3)nc2)cc1. The van der Waals surface area contributed by atoms with Gasteiger partial charge in [0, 0.05) is 31.6 Å². The van der Waals surface area contributed by atoms with E-state index in [4.69, 9.17) is 4.74 Å². The highest BCUT2D eigenvalue weighted by molar-refractivity contribution is 6.00. The van der Waals surface area contributed by atoms with Crippen molar-refractivity contribution in [2.45, 2.75) is 12.8 Å². The van der Waals surface area contributed by atoms with Crippen molar-refractivity contribution in [3.8, 4) is 0 Å². The number of nitrogens with zero attached hydrogens (tertiary/aromatic N) is 2. The molecule has 0 spiro atoms. The monoisotopic (exact) mass is 369 g/mol. The van der Waals surface area contributed by atoms with Gasteiger partial charge in [0.2, 0.25) is 5.91 Å². The number of benzene rings is 1. The smallest absolute Gasteiger partial charge is 0.323 e. The highest BCUT2D eigenvalue weighted by Crippen LogP contribution is 2.19. The summed E-state index contributed by atoms with van der Waals surface area (Å²) in [6, 6.07) is 10.2. The Hall–Kier alpha value is -3.13. The first-order chi connectivity index (χ1) is 13.1. The lowest BCUT2D eigenvalue weighted by Crippen LogP contribution is -2.21. The first-order valence-corrected chi connectivity index (χ1v) is 8.82. The van der Waals surface area contributed by atoms with Gasteiger partial charge in [-0.2, -0.15) is 0 Å². The molecule has 8 heteroatoms. The zero-order valence-corrected chi connectivity index (χ0v) is 15.2. The maximum atomic E-state index is 12.1. The molecule has 0 saturated carbocycles. The summed E-state index contributed by atoms with van der Waals surface area (Å²) in [6.07, 6.45) is 4.04. The highest BCUT2D eigenvalue weighted by Gasteiger charge is 2.13. The molecule has 8 nitrogen and oxygen atoms in total. The summed E-state index contributed by atoms with van der Waals surface area (Å²) in [4.78, 5) is 30.2. The first kappa shape index (κ1) is 18.7. The number of urea groups is 1. The summed E-state index contributed by atoms with van der Waals surface area (Å²) >= 11 is 0. The molecule has 1 aromatic heterocycles. The van der Waals surface area contributed by atoms with Crippen molar-refractivity contribution >= 4 is 34.8 Å². The molecule has 2 heterocycles. The molecule has 0 aliphatic carbocycles. The van der Waals surface area contributed by atoms with E-state index in [1.165, 1.54) is 20.0 Å². The van der Waals surface area contributed by atoms with Gasteiger partial charge in [0.15, 0.2) is 0 Å². The van der Waals surface area contributed by atoms with Crippen LogP contribution >= 0.6 is 0 Å². The number of carbonyl (C=O) groups is 2. The van der Waals surface area contributed by atoms with Gasteiger partial charge in [-0.05, 0) is 49.2 Å². The van der Waals surface area contributed by atoms with Crippen LogP contribution in [0.15, 0.2) is 42.6 Å². The van der Waals surface area contributed by atoms with Crippen LogP contribution in [0.1, 0.15) is 12.8 Å². The molecule has 3 amide bonds. The zero-order chi connectivity index (χ0) is 19.1. The van der Waals surface area contributed by atoms with Crippen molar-refractivity contribution in [1.82, 2.24) is 4.98 Å². The molecule has 2 aromatic rings. The van der Waals surface area contributed by atoms with Gasteiger partial charge in [-0.1, -0.05) is 0 Å². The molecule has 0 unspecified atom stereocenters. The molecule has 1 aliphatic rings. The van der Waals surface area contributed by atoms with E-state index < -0.39 is 0 Å². The van der Waals surface area contributed by atoms with Gasteiger partial charge >= 0.3 is 6.03 Å². The van der Waals surface area contributed by atoms with Crippen molar-refractivity contribution < 1.29 is 14.3 Å². The molecular formula is C19H23N5O3. The largest absolute Gasteiger partial charge is 0.375 e. The number of ether oxygens (including phenoxy) is 1. The summed E-state index contributed by atoms with van der Waals surface area (Å²) in [5.41, 5.74) is 1.86. The van der Waals surface area contributed by atoms with Crippen LogP contribution in [0.25, 0.3) is 0 Å². The predicted molar refractivity (Wildman–Crippen MR) is 105 cm³/mol. The number of hydrogen-bond donors (Lipinski definition) is 3. The van der Waals surface area contributed by atoms with E-state index in [2.05, 4.69) is 25.8 Å². The summed E-state index contributed by atoms with van der Waals surface area (Å²) in [7, 11) is 1.46. The number of rotatable bonds is 6. The lowest BCUT2D eigenvalue weighted by molar-refractivity contribution is -0.119. The van der Waals surface area contributed by atoms with E-state index in [0.29, 0.717) is 17.1 Å². The van der Waals surface area contributed by atoms with E-state index in [-0.39, 0.29) is 18.5 Å². The van der Waals surface area contributed by atoms with Crippen molar-refractivity contribution in [2.75, 3.05) is 47.7 Å². The van der Waals surface area contributed by atoms with Gasteiger partial charge in [-0.3, -0.25) is 4.79 Å². The summed E-state index contributed by atoms with van der Waals surface area (Å²) < 4.78 is 4.76. The van der Waals surface area contributed by atoms with Crippen LogP contribution in [-0.2, 0) is 9.53 Å².